The number of likely N-dealkylation sites (tertiary alicyclic amines) is 1. The van der Waals surface area contributed by atoms with Crippen molar-refractivity contribution in [1.82, 2.24) is 20.9 Å². The standard InChI is InChI=1S/C22H45N5O3/c1-8-23-19(24-13-14-26-21(2,3)4)27-15-10-18(11-16-27)29-17-9-12-25-20(28)30-22(5,6)7/h18,26H,8-17H2,1-7H3,(H,23,24)(H,25,28). The molecule has 0 radical (unpaired) electrons. The van der Waals surface area contributed by atoms with E-state index < -0.39 is 5.60 Å². The Kier molecular flexibility index (Phi) is 11.5. The Labute approximate surface area is 183 Å². The highest BCUT2D eigenvalue weighted by atomic mass is 16.6. The third-order valence-electron chi connectivity index (χ3n) is 4.45. The topological polar surface area (TPSA) is 87.2 Å². The molecule has 0 aromatic rings. The number of nitrogens with one attached hydrogen (secondary N) is 3. The van der Waals surface area contributed by atoms with Crippen LogP contribution in [0.4, 0.5) is 4.79 Å². The lowest BCUT2D eigenvalue weighted by atomic mass is 10.1. The van der Waals surface area contributed by atoms with Crippen LogP contribution < -0.4 is 16.0 Å². The molecular weight excluding hydrogens is 382 g/mol. The smallest absolute Gasteiger partial charge is 0.407 e. The minimum absolute atomic E-state index is 0.117. The summed E-state index contributed by atoms with van der Waals surface area (Å²) in [7, 11) is 0. The van der Waals surface area contributed by atoms with Crippen molar-refractivity contribution in [1.29, 1.82) is 0 Å². The van der Waals surface area contributed by atoms with Gasteiger partial charge in [-0.15, -0.1) is 0 Å². The minimum atomic E-state index is -0.466. The zero-order valence-corrected chi connectivity index (χ0v) is 20.3. The summed E-state index contributed by atoms with van der Waals surface area (Å²) in [6.45, 7) is 19.8. The van der Waals surface area contributed by atoms with E-state index >= 15 is 0 Å². The molecule has 1 fully saturated rings. The highest BCUT2D eigenvalue weighted by Gasteiger charge is 2.22. The van der Waals surface area contributed by atoms with Crippen molar-refractivity contribution in [3.05, 3.63) is 0 Å². The molecule has 1 amide bonds. The Balaban J connectivity index is 2.24. The first-order valence-corrected chi connectivity index (χ1v) is 11.4. The molecule has 1 saturated heterocycles. The predicted molar refractivity (Wildman–Crippen MR) is 123 cm³/mol. The molecule has 0 atom stereocenters. The van der Waals surface area contributed by atoms with Crippen LogP contribution in [0.2, 0.25) is 0 Å². The first kappa shape index (κ1) is 26.5. The molecule has 3 N–H and O–H groups in total. The van der Waals surface area contributed by atoms with Gasteiger partial charge in [-0.25, -0.2) is 4.79 Å². The molecule has 176 valence electrons. The molecule has 0 aromatic carbocycles. The Morgan fingerprint density at radius 2 is 1.73 bits per heavy atom. The van der Waals surface area contributed by atoms with Gasteiger partial charge >= 0.3 is 6.09 Å². The number of rotatable bonds is 9. The molecule has 1 aliphatic rings. The maximum absolute atomic E-state index is 11.6. The maximum Gasteiger partial charge on any atom is 0.407 e. The minimum Gasteiger partial charge on any atom is -0.444 e. The molecule has 0 aliphatic carbocycles. The van der Waals surface area contributed by atoms with Crippen LogP contribution >= 0.6 is 0 Å². The first-order valence-electron chi connectivity index (χ1n) is 11.4. The van der Waals surface area contributed by atoms with Gasteiger partial charge in [-0.2, -0.15) is 0 Å². The summed E-state index contributed by atoms with van der Waals surface area (Å²) in [6.07, 6.45) is 2.66. The van der Waals surface area contributed by atoms with E-state index in [2.05, 4.69) is 48.5 Å². The number of hydrogen-bond acceptors (Lipinski definition) is 5. The summed E-state index contributed by atoms with van der Waals surface area (Å²) in [6, 6.07) is 0. The Morgan fingerprint density at radius 1 is 1.07 bits per heavy atom. The number of amides is 1. The van der Waals surface area contributed by atoms with Crippen LogP contribution in [0.25, 0.3) is 0 Å². The number of carbonyl (C=O) groups excluding carboxylic acids is 1. The fourth-order valence-corrected chi connectivity index (χ4v) is 3.08. The zero-order chi connectivity index (χ0) is 22.6. The zero-order valence-electron chi connectivity index (χ0n) is 20.3. The van der Waals surface area contributed by atoms with Gasteiger partial charge in [0.25, 0.3) is 0 Å². The summed E-state index contributed by atoms with van der Waals surface area (Å²) in [5, 5.41) is 9.65. The number of carbonyl (C=O) groups is 1. The van der Waals surface area contributed by atoms with Gasteiger partial charge in [0.1, 0.15) is 5.60 Å². The van der Waals surface area contributed by atoms with Crippen LogP contribution in [0, 0.1) is 0 Å². The van der Waals surface area contributed by atoms with E-state index in [1.807, 2.05) is 20.8 Å². The lowest BCUT2D eigenvalue weighted by Gasteiger charge is -2.34. The fourth-order valence-electron chi connectivity index (χ4n) is 3.08. The molecule has 0 bridgehead atoms. The van der Waals surface area contributed by atoms with Crippen molar-refractivity contribution >= 4 is 12.1 Å². The van der Waals surface area contributed by atoms with E-state index in [0.29, 0.717) is 13.2 Å². The van der Waals surface area contributed by atoms with Crippen molar-refractivity contribution in [2.24, 2.45) is 4.99 Å². The molecule has 0 unspecified atom stereocenters. The number of piperidine rings is 1. The van der Waals surface area contributed by atoms with Gasteiger partial charge in [0.05, 0.1) is 12.6 Å². The third kappa shape index (κ3) is 12.9. The van der Waals surface area contributed by atoms with Crippen LogP contribution in [0.1, 0.15) is 67.7 Å². The SMILES string of the molecule is CCNC(=NCCNC(C)(C)C)N1CCC(OCCCNC(=O)OC(C)(C)C)CC1. The second-order valence-corrected chi connectivity index (χ2v) is 9.75. The highest BCUT2D eigenvalue weighted by Crippen LogP contribution is 2.14. The Hall–Kier alpha value is -1.54. The number of ether oxygens (including phenoxy) is 2. The molecule has 1 aliphatic heterocycles. The average molecular weight is 428 g/mol. The van der Waals surface area contributed by atoms with E-state index in [1.54, 1.807) is 0 Å². The second-order valence-electron chi connectivity index (χ2n) is 9.75. The van der Waals surface area contributed by atoms with Crippen LogP contribution in [0.3, 0.4) is 0 Å². The fraction of sp³-hybridized carbons (Fsp3) is 0.909. The predicted octanol–water partition coefficient (Wildman–Crippen LogP) is 2.74. The maximum atomic E-state index is 11.6. The highest BCUT2D eigenvalue weighted by molar-refractivity contribution is 5.80. The van der Waals surface area contributed by atoms with E-state index in [1.165, 1.54) is 0 Å². The lowest BCUT2D eigenvalue weighted by molar-refractivity contribution is 0.0170. The summed E-state index contributed by atoms with van der Waals surface area (Å²) >= 11 is 0. The van der Waals surface area contributed by atoms with Crippen molar-refractivity contribution in [3.8, 4) is 0 Å². The molecule has 1 rings (SSSR count). The van der Waals surface area contributed by atoms with Crippen LogP contribution in [-0.2, 0) is 9.47 Å². The molecular formula is C22H45N5O3. The third-order valence-corrected chi connectivity index (χ3v) is 4.45. The summed E-state index contributed by atoms with van der Waals surface area (Å²) in [5.74, 6) is 0.994. The van der Waals surface area contributed by atoms with Gasteiger partial charge in [-0.1, -0.05) is 0 Å². The molecule has 1 heterocycles. The lowest BCUT2D eigenvalue weighted by Crippen LogP contribution is -2.47. The Morgan fingerprint density at radius 3 is 2.30 bits per heavy atom. The van der Waals surface area contributed by atoms with Gasteiger partial charge in [0.15, 0.2) is 5.96 Å². The van der Waals surface area contributed by atoms with Gasteiger partial charge in [0.2, 0.25) is 0 Å². The monoisotopic (exact) mass is 427 g/mol. The Bertz CT molecular complexity index is 518. The van der Waals surface area contributed by atoms with Gasteiger partial charge < -0.3 is 30.3 Å². The number of aliphatic imine (C=N–C) groups is 1. The van der Waals surface area contributed by atoms with Crippen molar-refractivity contribution in [2.75, 3.05) is 45.9 Å². The van der Waals surface area contributed by atoms with E-state index in [4.69, 9.17) is 14.5 Å². The summed E-state index contributed by atoms with van der Waals surface area (Å²) in [4.78, 5) is 18.7. The van der Waals surface area contributed by atoms with E-state index in [-0.39, 0.29) is 17.7 Å². The summed E-state index contributed by atoms with van der Waals surface area (Å²) < 4.78 is 11.2. The first-order chi connectivity index (χ1) is 14.0. The number of guanidine groups is 1. The van der Waals surface area contributed by atoms with E-state index in [9.17, 15) is 4.79 Å². The molecule has 0 aromatic heterocycles. The molecule has 30 heavy (non-hydrogen) atoms. The quantitative estimate of drug-likeness (QED) is 0.298. The number of nitrogens with zero attached hydrogens (tertiary/aromatic N) is 2. The van der Waals surface area contributed by atoms with Crippen LogP contribution in [0.15, 0.2) is 4.99 Å². The van der Waals surface area contributed by atoms with Crippen LogP contribution in [-0.4, -0.2) is 80.1 Å². The van der Waals surface area contributed by atoms with Crippen molar-refractivity contribution in [2.45, 2.75) is 85.0 Å². The number of alkyl carbamates (subject to hydrolysis) is 1. The van der Waals surface area contributed by atoms with Gasteiger partial charge in [0, 0.05) is 44.9 Å². The molecule has 8 heteroatoms. The normalized spacial score (nSPS) is 16.5. The number of hydrogen-bond donors (Lipinski definition) is 3. The average Bonchev–Trinajstić information content (AvgIpc) is 2.62. The van der Waals surface area contributed by atoms with Crippen molar-refractivity contribution < 1.29 is 14.3 Å². The van der Waals surface area contributed by atoms with Crippen LogP contribution in [0.5, 0.6) is 0 Å². The van der Waals surface area contributed by atoms with Gasteiger partial charge in [-0.05, 0) is 67.7 Å². The summed E-state index contributed by atoms with van der Waals surface area (Å²) in [5.41, 5.74) is -0.349. The van der Waals surface area contributed by atoms with E-state index in [0.717, 1.165) is 57.9 Å². The molecule has 8 nitrogen and oxygen atoms in total. The van der Waals surface area contributed by atoms with Gasteiger partial charge in [-0.3, -0.25) is 4.99 Å². The van der Waals surface area contributed by atoms with Crippen molar-refractivity contribution in [3.63, 3.8) is 0 Å². The second kappa shape index (κ2) is 13.0. The largest absolute Gasteiger partial charge is 0.444 e. The molecule has 0 saturated carbocycles. The molecule has 0 spiro atoms.